The first-order valence-electron chi connectivity index (χ1n) is 6.05. The predicted octanol–water partition coefficient (Wildman–Crippen LogP) is 3.23. The Labute approximate surface area is 119 Å². The highest BCUT2D eigenvalue weighted by molar-refractivity contribution is 7.08. The Morgan fingerprint density at radius 1 is 1.40 bits per heavy atom. The van der Waals surface area contributed by atoms with Crippen molar-refractivity contribution in [1.82, 2.24) is 10.5 Å². The lowest BCUT2D eigenvalue weighted by atomic mass is 10.3. The molecule has 1 amide bonds. The smallest absolute Gasteiger partial charge is 0.273 e. The van der Waals surface area contributed by atoms with Crippen molar-refractivity contribution in [3.05, 3.63) is 52.2 Å². The zero-order valence-corrected chi connectivity index (χ0v) is 11.6. The van der Waals surface area contributed by atoms with E-state index < -0.39 is 0 Å². The molecule has 0 atom stereocenters. The SMILES string of the molecule is Cc1cc(C(=O)NCc2ccc(-c3ccsc3)o2)no1. The lowest BCUT2D eigenvalue weighted by molar-refractivity contribution is 0.0939. The molecule has 0 fully saturated rings. The zero-order chi connectivity index (χ0) is 13.9. The number of hydrogen-bond acceptors (Lipinski definition) is 5. The van der Waals surface area contributed by atoms with Gasteiger partial charge >= 0.3 is 0 Å². The van der Waals surface area contributed by atoms with Gasteiger partial charge in [-0.3, -0.25) is 4.79 Å². The first kappa shape index (κ1) is 12.7. The molecule has 102 valence electrons. The standard InChI is InChI=1S/C14H12N2O3S/c1-9-6-12(16-19-9)14(17)15-7-11-2-3-13(18-11)10-4-5-20-8-10/h2-6,8H,7H2,1H3,(H,15,17). The Bertz CT molecular complexity index is 712. The molecule has 3 heterocycles. The van der Waals surface area contributed by atoms with Gasteiger partial charge in [0.25, 0.3) is 5.91 Å². The van der Waals surface area contributed by atoms with Crippen molar-refractivity contribution in [2.24, 2.45) is 0 Å². The maximum absolute atomic E-state index is 11.8. The Kier molecular flexibility index (Phi) is 3.39. The van der Waals surface area contributed by atoms with E-state index in [1.165, 1.54) is 0 Å². The molecule has 0 saturated carbocycles. The molecule has 0 aliphatic heterocycles. The molecular formula is C14H12N2O3S. The third kappa shape index (κ3) is 2.65. The van der Waals surface area contributed by atoms with Gasteiger partial charge in [0, 0.05) is 17.0 Å². The predicted molar refractivity (Wildman–Crippen MR) is 74.4 cm³/mol. The molecule has 0 spiro atoms. The molecule has 3 aromatic heterocycles. The van der Waals surface area contributed by atoms with Gasteiger partial charge in [0.1, 0.15) is 17.3 Å². The second-order valence-electron chi connectivity index (χ2n) is 4.28. The third-order valence-corrected chi connectivity index (χ3v) is 3.43. The lowest BCUT2D eigenvalue weighted by Gasteiger charge is -1.99. The molecule has 3 aromatic rings. The highest BCUT2D eigenvalue weighted by atomic mass is 32.1. The molecule has 6 heteroatoms. The summed E-state index contributed by atoms with van der Waals surface area (Å²) in [6, 6.07) is 7.32. The van der Waals surface area contributed by atoms with Crippen molar-refractivity contribution in [3.63, 3.8) is 0 Å². The van der Waals surface area contributed by atoms with Gasteiger partial charge in [-0.25, -0.2) is 0 Å². The summed E-state index contributed by atoms with van der Waals surface area (Å²) in [6.07, 6.45) is 0. The minimum absolute atomic E-state index is 0.270. The van der Waals surface area contributed by atoms with Crippen molar-refractivity contribution in [1.29, 1.82) is 0 Å². The monoisotopic (exact) mass is 288 g/mol. The maximum atomic E-state index is 11.8. The van der Waals surface area contributed by atoms with Gasteiger partial charge in [-0.05, 0) is 30.5 Å². The van der Waals surface area contributed by atoms with E-state index in [-0.39, 0.29) is 11.6 Å². The van der Waals surface area contributed by atoms with Crippen LogP contribution in [0, 0.1) is 6.92 Å². The largest absolute Gasteiger partial charge is 0.459 e. The van der Waals surface area contributed by atoms with Crippen LogP contribution in [-0.4, -0.2) is 11.1 Å². The first-order chi connectivity index (χ1) is 9.72. The Hall–Kier alpha value is -2.34. The number of carbonyl (C=O) groups excluding carboxylic acids is 1. The fourth-order valence-corrected chi connectivity index (χ4v) is 2.41. The summed E-state index contributed by atoms with van der Waals surface area (Å²) in [5.41, 5.74) is 1.31. The average molecular weight is 288 g/mol. The van der Waals surface area contributed by atoms with Gasteiger partial charge in [0.2, 0.25) is 0 Å². The van der Waals surface area contributed by atoms with Crippen molar-refractivity contribution < 1.29 is 13.7 Å². The van der Waals surface area contributed by atoms with Crippen LogP contribution in [0.25, 0.3) is 11.3 Å². The normalized spacial score (nSPS) is 10.7. The van der Waals surface area contributed by atoms with Crippen LogP contribution >= 0.6 is 11.3 Å². The summed E-state index contributed by atoms with van der Waals surface area (Å²) in [7, 11) is 0. The number of aromatic nitrogens is 1. The van der Waals surface area contributed by atoms with Crippen LogP contribution in [0.2, 0.25) is 0 Å². The van der Waals surface area contributed by atoms with Crippen molar-refractivity contribution in [2.45, 2.75) is 13.5 Å². The van der Waals surface area contributed by atoms with E-state index in [4.69, 9.17) is 8.94 Å². The molecule has 0 bridgehead atoms. The Balaban J connectivity index is 1.63. The lowest BCUT2D eigenvalue weighted by Crippen LogP contribution is -2.22. The summed E-state index contributed by atoms with van der Waals surface area (Å²) in [4.78, 5) is 11.8. The number of amides is 1. The average Bonchev–Trinajstić information content (AvgIpc) is 3.16. The van der Waals surface area contributed by atoms with Crippen molar-refractivity contribution >= 4 is 17.2 Å². The molecular weight excluding hydrogens is 276 g/mol. The van der Waals surface area contributed by atoms with E-state index in [0.29, 0.717) is 18.1 Å². The van der Waals surface area contributed by atoms with Gasteiger partial charge in [-0.15, -0.1) is 0 Å². The highest BCUT2D eigenvalue weighted by Crippen LogP contribution is 2.24. The van der Waals surface area contributed by atoms with Gasteiger partial charge < -0.3 is 14.3 Å². The fraction of sp³-hybridized carbons (Fsp3) is 0.143. The fourth-order valence-electron chi connectivity index (χ4n) is 1.76. The minimum atomic E-state index is -0.282. The Morgan fingerprint density at radius 2 is 2.30 bits per heavy atom. The number of nitrogens with one attached hydrogen (secondary N) is 1. The quantitative estimate of drug-likeness (QED) is 0.800. The van der Waals surface area contributed by atoms with Gasteiger partial charge in [0.05, 0.1) is 6.54 Å². The van der Waals surface area contributed by atoms with Crippen LogP contribution in [0.3, 0.4) is 0 Å². The summed E-state index contributed by atoms with van der Waals surface area (Å²) in [5.74, 6) is 1.82. The van der Waals surface area contributed by atoms with Gasteiger partial charge in [0.15, 0.2) is 5.69 Å². The van der Waals surface area contributed by atoms with Crippen LogP contribution < -0.4 is 5.32 Å². The highest BCUT2D eigenvalue weighted by Gasteiger charge is 2.11. The zero-order valence-electron chi connectivity index (χ0n) is 10.8. The first-order valence-corrected chi connectivity index (χ1v) is 6.99. The maximum Gasteiger partial charge on any atom is 0.273 e. The topological polar surface area (TPSA) is 68.3 Å². The molecule has 0 aliphatic rings. The molecule has 5 nitrogen and oxygen atoms in total. The number of hydrogen-bond donors (Lipinski definition) is 1. The molecule has 0 unspecified atom stereocenters. The second kappa shape index (κ2) is 5.34. The number of carbonyl (C=O) groups is 1. The van der Waals surface area contributed by atoms with Crippen LogP contribution in [0.1, 0.15) is 22.0 Å². The number of furan rings is 1. The summed E-state index contributed by atoms with van der Waals surface area (Å²) in [5, 5.41) is 10.4. The molecule has 1 N–H and O–H groups in total. The summed E-state index contributed by atoms with van der Waals surface area (Å²) in [6.45, 7) is 2.05. The second-order valence-corrected chi connectivity index (χ2v) is 5.06. The van der Waals surface area contributed by atoms with E-state index in [2.05, 4.69) is 10.5 Å². The van der Waals surface area contributed by atoms with Gasteiger partial charge in [-0.1, -0.05) is 5.16 Å². The number of nitrogens with zero attached hydrogens (tertiary/aromatic N) is 1. The molecule has 0 radical (unpaired) electrons. The molecule has 20 heavy (non-hydrogen) atoms. The van der Waals surface area contributed by atoms with Crippen LogP contribution in [0.4, 0.5) is 0 Å². The van der Waals surface area contributed by atoms with Crippen LogP contribution in [-0.2, 0) is 6.54 Å². The van der Waals surface area contributed by atoms with Crippen molar-refractivity contribution in [3.8, 4) is 11.3 Å². The van der Waals surface area contributed by atoms with Crippen LogP contribution in [0.5, 0.6) is 0 Å². The third-order valence-electron chi connectivity index (χ3n) is 2.75. The summed E-state index contributed by atoms with van der Waals surface area (Å²) >= 11 is 1.61. The van der Waals surface area contributed by atoms with E-state index in [1.54, 1.807) is 24.3 Å². The van der Waals surface area contributed by atoms with E-state index in [1.807, 2.05) is 29.0 Å². The Morgan fingerprint density at radius 3 is 3.00 bits per heavy atom. The van der Waals surface area contributed by atoms with E-state index >= 15 is 0 Å². The number of thiophene rings is 1. The van der Waals surface area contributed by atoms with E-state index in [9.17, 15) is 4.79 Å². The number of rotatable bonds is 4. The molecule has 0 saturated heterocycles. The summed E-state index contributed by atoms with van der Waals surface area (Å²) < 4.78 is 10.5. The molecule has 0 aliphatic carbocycles. The number of aryl methyl sites for hydroxylation is 1. The molecule has 0 aromatic carbocycles. The minimum Gasteiger partial charge on any atom is -0.459 e. The van der Waals surface area contributed by atoms with Crippen LogP contribution in [0.15, 0.2) is 44.0 Å². The molecule has 3 rings (SSSR count). The van der Waals surface area contributed by atoms with Gasteiger partial charge in [-0.2, -0.15) is 11.3 Å². The van der Waals surface area contributed by atoms with Crippen molar-refractivity contribution in [2.75, 3.05) is 0 Å². The van der Waals surface area contributed by atoms with E-state index in [0.717, 1.165) is 11.3 Å².